The van der Waals surface area contributed by atoms with E-state index in [0.29, 0.717) is 5.92 Å². The van der Waals surface area contributed by atoms with Gasteiger partial charge in [0.2, 0.25) is 0 Å². The average Bonchev–Trinajstić information content (AvgIpc) is 2.32. The van der Waals surface area contributed by atoms with Gasteiger partial charge in [-0.3, -0.25) is 4.98 Å². The summed E-state index contributed by atoms with van der Waals surface area (Å²) in [5, 5.41) is 0.212. The summed E-state index contributed by atoms with van der Waals surface area (Å²) in [6.45, 7) is 8.37. The molecule has 0 saturated heterocycles. The van der Waals surface area contributed by atoms with Crippen LogP contribution in [0.4, 0.5) is 0 Å². The first-order valence-corrected chi connectivity index (χ1v) is 6.58. The van der Waals surface area contributed by atoms with Gasteiger partial charge in [-0.15, -0.1) is 11.6 Å². The first kappa shape index (κ1) is 14.3. The molecule has 2 nitrogen and oxygen atoms in total. The van der Waals surface area contributed by atoms with E-state index in [1.165, 1.54) is 0 Å². The molecule has 0 saturated carbocycles. The number of ether oxygens (including phenoxy) is 1. The van der Waals surface area contributed by atoms with Crippen molar-refractivity contribution in [2.45, 2.75) is 45.9 Å². The molecule has 2 unspecified atom stereocenters. The monoisotopic (exact) mass is 255 g/mol. The molecule has 1 aromatic rings. The Morgan fingerprint density at radius 3 is 2.59 bits per heavy atom. The van der Waals surface area contributed by atoms with E-state index < -0.39 is 0 Å². The summed E-state index contributed by atoms with van der Waals surface area (Å²) in [5.74, 6) is 1.38. The number of methoxy groups -OCH3 is 1. The van der Waals surface area contributed by atoms with E-state index in [9.17, 15) is 0 Å². The Balaban J connectivity index is 2.92. The predicted molar refractivity (Wildman–Crippen MR) is 73.1 cm³/mol. The number of hydrogen-bond donors (Lipinski definition) is 0. The molecule has 0 spiro atoms. The molecule has 1 aromatic heterocycles. The quantitative estimate of drug-likeness (QED) is 0.745. The van der Waals surface area contributed by atoms with Gasteiger partial charge in [0, 0.05) is 28.4 Å². The lowest BCUT2D eigenvalue weighted by Crippen LogP contribution is -2.15. The highest BCUT2D eigenvalue weighted by molar-refractivity contribution is 6.20. The van der Waals surface area contributed by atoms with Crippen LogP contribution in [-0.4, -0.2) is 17.5 Å². The number of halogens is 1. The van der Waals surface area contributed by atoms with E-state index in [-0.39, 0.29) is 5.38 Å². The molecule has 0 bridgehead atoms. The Bertz CT molecular complexity index is 379. The van der Waals surface area contributed by atoms with Gasteiger partial charge in [0.1, 0.15) is 5.75 Å². The van der Waals surface area contributed by atoms with Crippen LogP contribution in [0.2, 0.25) is 0 Å². The van der Waals surface area contributed by atoms with Crippen LogP contribution >= 0.6 is 11.6 Å². The Morgan fingerprint density at radius 1 is 1.41 bits per heavy atom. The van der Waals surface area contributed by atoms with Crippen molar-refractivity contribution in [1.82, 2.24) is 4.98 Å². The fourth-order valence-corrected chi connectivity index (χ4v) is 2.20. The fourth-order valence-electron chi connectivity index (χ4n) is 2.11. The third-order valence-electron chi connectivity index (χ3n) is 3.27. The molecule has 0 aliphatic carbocycles. The first-order chi connectivity index (χ1) is 8.01. The summed E-state index contributed by atoms with van der Waals surface area (Å²) < 4.78 is 5.41. The van der Waals surface area contributed by atoms with Gasteiger partial charge in [-0.05, 0) is 32.6 Å². The van der Waals surface area contributed by atoms with Crippen LogP contribution in [-0.2, 0) is 6.42 Å². The van der Waals surface area contributed by atoms with Crippen molar-refractivity contribution in [3.05, 3.63) is 23.0 Å². The van der Waals surface area contributed by atoms with Crippen LogP contribution in [0.25, 0.3) is 0 Å². The van der Waals surface area contributed by atoms with Gasteiger partial charge in [-0.1, -0.05) is 13.8 Å². The van der Waals surface area contributed by atoms with Crippen LogP contribution in [0.3, 0.4) is 0 Å². The summed E-state index contributed by atoms with van der Waals surface area (Å²) in [6.07, 6.45) is 3.78. The second-order valence-corrected chi connectivity index (χ2v) is 5.21. The van der Waals surface area contributed by atoms with Gasteiger partial charge in [0.15, 0.2) is 0 Å². The van der Waals surface area contributed by atoms with Crippen LogP contribution < -0.4 is 4.74 Å². The molecule has 0 N–H and O–H groups in total. The van der Waals surface area contributed by atoms with Crippen molar-refractivity contribution in [2.24, 2.45) is 5.92 Å². The molecule has 0 aliphatic heterocycles. The Morgan fingerprint density at radius 2 is 2.06 bits per heavy atom. The third-order valence-corrected chi connectivity index (χ3v) is 4.01. The van der Waals surface area contributed by atoms with Crippen molar-refractivity contribution in [2.75, 3.05) is 7.11 Å². The van der Waals surface area contributed by atoms with E-state index >= 15 is 0 Å². The molecule has 17 heavy (non-hydrogen) atoms. The number of nitrogens with zero attached hydrogens (tertiary/aromatic N) is 1. The van der Waals surface area contributed by atoms with Gasteiger partial charge in [0.05, 0.1) is 7.11 Å². The number of rotatable bonds is 5. The molecule has 2 atom stereocenters. The second-order valence-electron chi connectivity index (χ2n) is 4.65. The molecule has 0 fully saturated rings. The maximum Gasteiger partial charge on any atom is 0.128 e. The summed E-state index contributed by atoms with van der Waals surface area (Å²) in [5.41, 5.74) is 3.32. The minimum Gasteiger partial charge on any atom is -0.496 e. The van der Waals surface area contributed by atoms with Crippen LogP contribution in [0, 0.1) is 19.8 Å². The number of aryl methyl sites for hydroxylation is 1. The summed E-state index contributed by atoms with van der Waals surface area (Å²) in [7, 11) is 1.71. The Kier molecular flexibility index (Phi) is 5.26. The van der Waals surface area contributed by atoms with E-state index in [4.69, 9.17) is 16.3 Å². The fraction of sp³-hybridized carbons (Fsp3) is 0.643. The SMILES string of the molecule is CCC(Cl)C(C)Cc1ncc(C)c(OC)c1C. The van der Waals surface area contributed by atoms with Crippen LogP contribution in [0.15, 0.2) is 6.20 Å². The number of alkyl halides is 1. The van der Waals surface area contributed by atoms with Gasteiger partial charge in [-0.25, -0.2) is 0 Å². The number of pyridine rings is 1. The van der Waals surface area contributed by atoms with Crippen molar-refractivity contribution in [3.63, 3.8) is 0 Å². The lowest BCUT2D eigenvalue weighted by molar-refractivity contribution is 0.405. The standard InChI is InChI=1S/C14H22ClNO/c1-6-12(15)9(2)7-13-11(4)14(17-5)10(3)8-16-13/h8-9,12H,6-7H2,1-5H3. The van der Waals surface area contributed by atoms with E-state index in [0.717, 1.165) is 35.4 Å². The number of hydrogen-bond acceptors (Lipinski definition) is 2. The van der Waals surface area contributed by atoms with Crippen LogP contribution in [0.5, 0.6) is 5.75 Å². The van der Waals surface area contributed by atoms with Crippen molar-refractivity contribution in [1.29, 1.82) is 0 Å². The molecule has 0 radical (unpaired) electrons. The minimum absolute atomic E-state index is 0.212. The Hall–Kier alpha value is -0.760. The smallest absolute Gasteiger partial charge is 0.128 e. The minimum atomic E-state index is 0.212. The van der Waals surface area contributed by atoms with Gasteiger partial charge in [-0.2, -0.15) is 0 Å². The number of aromatic nitrogens is 1. The van der Waals surface area contributed by atoms with E-state index in [1.807, 2.05) is 13.1 Å². The zero-order chi connectivity index (χ0) is 13.0. The molecule has 3 heteroatoms. The lowest BCUT2D eigenvalue weighted by Gasteiger charge is -2.18. The molecule has 1 heterocycles. The largest absolute Gasteiger partial charge is 0.496 e. The lowest BCUT2D eigenvalue weighted by atomic mass is 9.96. The van der Waals surface area contributed by atoms with Gasteiger partial charge >= 0.3 is 0 Å². The molecule has 0 amide bonds. The molecular weight excluding hydrogens is 234 g/mol. The summed E-state index contributed by atoms with van der Waals surface area (Å²) in [4.78, 5) is 4.50. The van der Waals surface area contributed by atoms with Crippen LogP contribution in [0.1, 0.15) is 37.1 Å². The summed E-state index contributed by atoms with van der Waals surface area (Å²) in [6, 6.07) is 0. The predicted octanol–water partition coefficient (Wildman–Crippen LogP) is 3.90. The van der Waals surface area contributed by atoms with Crippen molar-refractivity contribution >= 4 is 11.6 Å². The maximum absolute atomic E-state index is 6.26. The van der Waals surface area contributed by atoms with E-state index in [2.05, 4.69) is 25.8 Å². The molecular formula is C14H22ClNO. The van der Waals surface area contributed by atoms with E-state index in [1.54, 1.807) is 7.11 Å². The highest BCUT2D eigenvalue weighted by atomic mass is 35.5. The maximum atomic E-state index is 6.26. The highest BCUT2D eigenvalue weighted by Crippen LogP contribution is 2.27. The Labute approximate surface area is 109 Å². The topological polar surface area (TPSA) is 22.1 Å². The first-order valence-electron chi connectivity index (χ1n) is 6.14. The van der Waals surface area contributed by atoms with Crippen molar-refractivity contribution < 1.29 is 4.74 Å². The highest BCUT2D eigenvalue weighted by Gasteiger charge is 2.17. The summed E-state index contributed by atoms with van der Waals surface area (Å²) >= 11 is 6.26. The molecule has 1 rings (SSSR count). The van der Waals surface area contributed by atoms with Gasteiger partial charge in [0.25, 0.3) is 0 Å². The second kappa shape index (κ2) is 6.25. The molecule has 0 aromatic carbocycles. The molecule has 96 valence electrons. The zero-order valence-corrected chi connectivity index (χ0v) is 12.1. The normalized spacial score (nSPS) is 14.5. The van der Waals surface area contributed by atoms with Gasteiger partial charge < -0.3 is 4.74 Å². The van der Waals surface area contributed by atoms with Crippen molar-refractivity contribution in [3.8, 4) is 5.75 Å². The molecule has 0 aliphatic rings. The zero-order valence-electron chi connectivity index (χ0n) is 11.4. The third kappa shape index (κ3) is 3.35. The average molecular weight is 256 g/mol.